The van der Waals surface area contributed by atoms with Gasteiger partial charge in [0, 0.05) is 42.1 Å². The molecule has 124 valence electrons. The molecule has 1 aromatic carbocycles. The molecule has 6 heteroatoms. The summed E-state index contributed by atoms with van der Waals surface area (Å²) in [5.41, 5.74) is 1.08. The largest absolute Gasteiger partial charge is 0.454 e. The van der Waals surface area contributed by atoms with Gasteiger partial charge in [-0.15, -0.1) is 11.3 Å². The maximum Gasteiger partial charge on any atom is 0.231 e. The number of nitrogens with zero attached hydrogens (tertiary/aromatic N) is 2. The molecule has 4 nitrogen and oxygen atoms in total. The van der Waals surface area contributed by atoms with Crippen molar-refractivity contribution in [1.29, 1.82) is 0 Å². The van der Waals surface area contributed by atoms with Gasteiger partial charge in [0.15, 0.2) is 11.5 Å². The first-order valence-electron chi connectivity index (χ1n) is 7.59. The summed E-state index contributed by atoms with van der Waals surface area (Å²) in [6.07, 6.45) is 0. The average molecular weight is 353 g/mol. The van der Waals surface area contributed by atoms with Gasteiger partial charge < -0.3 is 14.4 Å². The highest BCUT2D eigenvalue weighted by Crippen LogP contribution is 2.37. The molecule has 0 aliphatic carbocycles. The standard InChI is InChI=1S/C17H21ClN2O2S/c1-19(2)5-6-20(11-14-4-3-7-23-14)10-13-8-16-17(9-15(13)18)22-12-21-16/h3-4,7-9H,5-6,10-12H2,1-2H3. The Bertz CT molecular complexity index is 646. The van der Waals surface area contributed by atoms with Gasteiger partial charge in [-0.2, -0.15) is 0 Å². The Labute approximate surface area is 146 Å². The summed E-state index contributed by atoms with van der Waals surface area (Å²) in [6.45, 7) is 3.98. The molecule has 0 bridgehead atoms. The van der Waals surface area contributed by atoms with Crippen molar-refractivity contribution in [2.24, 2.45) is 0 Å². The number of hydrogen-bond acceptors (Lipinski definition) is 5. The van der Waals surface area contributed by atoms with E-state index in [1.807, 2.05) is 12.1 Å². The van der Waals surface area contributed by atoms with Crippen molar-refractivity contribution in [3.63, 3.8) is 0 Å². The van der Waals surface area contributed by atoms with E-state index in [4.69, 9.17) is 21.1 Å². The molecule has 0 saturated carbocycles. The molecule has 0 fully saturated rings. The lowest BCUT2D eigenvalue weighted by Gasteiger charge is -2.24. The summed E-state index contributed by atoms with van der Waals surface area (Å²) in [5.74, 6) is 1.52. The second-order valence-corrected chi connectivity index (χ2v) is 7.33. The number of thiophene rings is 1. The third-order valence-corrected chi connectivity index (χ3v) is 4.97. The fourth-order valence-corrected chi connectivity index (χ4v) is 3.46. The number of hydrogen-bond donors (Lipinski definition) is 0. The van der Waals surface area contributed by atoms with Crippen LogP contribution in [0.4, 0.5) is 0 Å². The van der Waals surface area contributed by atoms with E-state index < -0.39 is 0 Å². The van der Waals surface area contributed by atoms with E-state index in [2.05, 4.69) is 41.4 Å². The zero-order valence-electron chi connectivity index (χ0n) is 13.4. The quantitative estimate of drug-likeness (QED) is 0.758. The SMILES string of the molecule is CN(C)CCN(Cc1cccs1)Cc1cc2c(cc1Cl)OCO2. The summed E-state index contributed by atoms with van der Waals surface area (Å²) >= 11 is 8.21. The van der Waals surface area contributed by atoms with Crippen LogP contribution >= 0.6 is 22.9 Å². The number of rotatable bonds is 7. The van der Waals surface area contributed by atoms with Crippen molar-refractivity contribution in [2.45, 2.75) is 13.1 Å². The summed E-state index contributed by atoms with van der Waals surface area (Å²) in [7, 11) is 4.19. The van der Waals surface area contributed by atoms with Gasteiger partial charge in [-0.3, -0.25) is 4.90 Å². The first kappa shape index (κ1) is 16.6. The Morgan fingerprint density at radius 2 is 1.91 bits per heavy atom. The normalized spacial score (nSPS) is 13.3. The van der Waals surface area contributed by atoms with E-state index in [9.17, 15) is 0 Å². The second-order valence-electron chi connectivity index (χ2n) is 5.89. The van der Waals surface area contributed by atoms with Crippen LogP contribution in [0.15, 0.2) is 29.6 Å². The fraction of sp³-hybridized carbons (Fsp3) is 0.412. The molecule has 2 heterocycles. The minimum atomic E-state index is 0.272. The van der Waals surface area contributed by atoms with Crippen molar-refractivity contribution >= 4 is 22.9 Å². The van der Waals surface area contributed by atoms with Gasteiger partial charge >= 0.3 is 0 Å². The Kier molecular flexibility index (Phi) is 5.43. The van der Waals surface area contributed by atoms with Crippen LogP contribution in [-0.2, 0) is 13.1 Å². The first-order valence-corrected chi connectivity index (χ1v) is 8.85. The van der Waals surface area contributed by atoms with Crippen LogP contribution in [-0.4, -0.2) is 43.8 Å². The van der Waals surface area contributed by atoms with Gasteiger partial charge in [0.2, 0.25) is 6.79 Å². The summed E-state index contributed by atoms with van der Waals surface area (Å²) in [4.78, 5) is 5.97. The van der Waals surface area contributed by atoms with Crippen molar-refractivity contribution in [1.82, 2.24) is 9.80 Å². The van der Waals surface area contributed by atoms with E-state index in [1.54, 1.807) is 11.3 Å². The number of fused-ring (bicyclic) bond motifs is 1. The Morgan fingerprint density at radius 1 is 1.13 bits per heavy atom. The zero-order chi connectivity index (χ0) is 16.2. The predicted octanol–water partition coefficient (Wildman–Crippen LogP) is 3.69. The lowest BCUT2D eigenvalue weighted by molar-refractivity contribution is 0.174. The van der Waals surface area contributed by atoms with Crippen LogP contribution in [0.3, 0.4) is 0 Å². The first-order chi connectivity index (χ1) is 11.1. The van der Waals surface area contributed by atoms with Gasteiger partial charge in [0.25, 0.3) is 0 Å². The maximum atomic E-state index is 6.43. The smallest absolute Gasteiger partial charge is 0.231 e. The van der Waals surface area contributed by atoms with Crippen LogP contribution in [0.5, 0.6) is 11.5 Å². The third-order valence-electron chi connectivity index (χ3n) is 3.76. The topological polar surface area (TPSA) is 24.9 Å². The molecule has 23 heavy (non-hydrogen) atoms. The molecule has 0 atom stereocenters. The molecule has 0 radical (unpaired) electrons. The minimum absolute atomic E-state index is 0.272. The predicted molar refractivity (Wildman–Crippen MR) is 94.6 cm³/mol. The van der Waals surface area contributed by atoms with Crippen molar-refractivity contribution in [3.05, 3.63) is 45.1 Å². The molecular weight excluding hydrogens is 332 g/mol. The lowest BCUT2D eigenvalue weighted by atomic mass is 10.2. The summed E-state index contributed by atoms with van der Waals surface area (Å²) < 4.78 is 10.9. The van der Waals surface area contributed by atoms with Crippen molar-refractivity contribution in [3.8, 4) is 11.5 Å². The Hall–Kier alpha value is -1.27. The van der Waals surface area contributed by atoms with Crippen LogP contribution in [0, 0.1) is 0 Å². The van der Waals surface area contributed by atoms with Crippen LogP contribution < -0.4 is 9.47 Å². The third kappa shape index (κ3) is 4.38. The molecular formula is C17H21ClN2O2S. The number of benzene rings is 1. The van der Waals surface area contributed by atoms with Gasteiger partial charge in [-0.05, 0) is 37.2 Å². The van der Waals surface area contributed by atoms with E-state index in [1.165, 1.54) is 4.88 Å². The van der Waals surface area contributed by atoms with E-state index >= 15 is 0 Å². The van der Waals surface area contributed by atoms with Crippen LogP contribution in [0.2, 0.25) is 5.02 Å². The number of ether oxygens (including phenoxy) is 2. The highest BCUT2D eigenvalue weighted by molar-refractivity contribution is 7.09. The number of halogens is 1. The van der Waals surface area contributed by atoms with Gasteiger partial charge in [-0.25, -0.2) is 0 Å². The van der Waals surface area contributed by atoms with E-state index in [-0.39, 0.29) is 6.79 Å². The summed E-state index contributed by atoms with van der Waals surface area (Å²) in [5, 5.41) is 2.85. The van der Waals surface area contributed by atoms with Crippen LogP contribution in [0.25, 0.3) is 0 Å². The molecule has 3 rings (SSSR count). The maximum absolute atomic E-state index is 6.43. The minimum Gasteiger partial charge on any atom is -0.454 e. The monoisotopic (exact) mass is 352 g/mol. The molecule has 0 N–H and O–H groups in total. The van der Waals surface area contributed by atoms with Crippen molar-refractivity contribution < 1.29 is 9.47 Å². The Morgan fingerprint density at radius 3 is 2.61 bits per heavy atom. The summed E-state index contributed by atoms with van der Waals surface area (Å²) in [6, 6.07) is 8.13. The molecule has 2 aromatic rings. The zero-order valence-corrected chi connectivity index (χ0v) is 15.0. The van der Waals surface area contributed by atoms with Gasteiger partial charge in [0.05, 0.1) is 0 Å². The highest BCUT2D eigenvalue weighted by atomic mass is 35.5. The molecule has 0 unspecified atom stereocenters. The number of likely N-dealkylation sites (N-methyl/N-ethyl adjacent to an activating group) is 1. The molecule has 1 aliphatic rings. The van der Waals surface area contributed by atoms with Gasteiger partial charge in [-0.1, -0.05) is 17.7 Å². The van der Waals surface area contributed by atoms with Gasteiger partial charge in [0.1, 0.15) is 0 Å². The molecule has 0 amide bonds. The average Bonchev–Trinajstić information content (AvgIpc) is 3.16. The molecule has 1 aliphatic heterocycles. The van der Waals surface area contributed by atoms with Crippen LogP contribution in [0.1, 0.15) is 10.4 Å². The second kappa shape index (κ2) is 7.53. The molecule has 1 aromatic heterocycles. The molecule has 0 spiro atoms. The fourth-order valence-electron chi connectivity index (χ4n) is 2.50. The lowest BCUT2D eigenvalue weighted by Crippen LogP contribution is -2.31. The molecule has 0 saturated heterocycles. The Balaban J connectivity index is 1.74. The van der Waals surface area contributed by atoms with E-state index in [0.29, 0.717) is 0 Å². The van der Waals surface area contributed by atoms with E-state index in [0.717, 1.165) is 48.3 Å². The van der Waals surface area contributed by atoms with Crippen molar-refractivity contribution in [2.75, 3.05) is 34.0 Å². The highest BCUT2D eigenvalue weighted by Gasteiger charge is 2.18.